The van der Waals surface area contributed by atoms with E-state index in [1.54, 1.807) is 0 Å². The second-order valence-corrected chi connectivity index (χ2v) is 21.2. The molecule has 0 fully saturated rings. The summed E-state index contributed by atoms with van der Waals surface area (Å²) in [6, 6.07) is 0. The van der Waals surface area contributed by atoms with Gasteiger partial charge in [0.05, 0.1) is 0 Å². The summed E-state index contributed by atoms with van der Waals surface area (Å²) in [6.07, 6.45) is 55.2. The van der Waals surface area contributed by atoms with Crippen LogP contribution in [0.25, 0.3) is 0 Å². The first kappa shape index (κ1) is 63.4. The molecule has 0 aliphatic carbocycles. The number of hydrogen-bond donors (Lipinski definition) is 0. The van der Waals surface area contributed by atoms with Gasteiger partial charge in [-0.05, 0) is 31.1 Å². The van der Waals surface area contributed by atoms with Gasteiger partial charge >= 0.3 is 17.9 Å². The van der Waals surface area contributed by atoms with Crippen molar-refractivity contribution in [3.05, 3.63) is 0 Å². The Morgan fingerprint density at radius 2 is 0.508 bits per heavy atom. The van der Waals surface area contributed by atoms with Crippen molar-refractivity contribution in [2.75, 3.05) is 13.2 Å². The summed E-state index contributed by atoms with van der Waals surface area (Å²) in [5.41, 5.74) is 0. The number of ether oxygens (including phenoxy) is 3. The molecule has 0 aliphatic heterocycles. The number of esters is 3. The minimum atomic E-state index is -0.762. The highest BCUT2D eigenvalue weighted by Gasteiger charge is 2.19. The monoisotopic (exact) mass is 919 g/mol. The minimum absolute atomic E-state index is 0.0625. The largest absolute Gasteiger partial charge is 0.462 e. The maximum absolute atomic E-state index is 12.9. The fourth-order valence-electron chi connectivity index (χ4n) is 9.05. The third-order valence-corrected chi connectivity index (χ3v) is 13.5. The van der Waals surface area contributed by atoms with E-state index in [9.17, 15) is 14.4 Å². The van der Waals surface area contributed by atoms with Gasteiger partial charge in [-0.3, -0.25) is 14.4 Å². The van der Waals surface area contributed by atoms with Crippen LogP contribution in [0.2, 0.25) is 0 Å². The Kier molecular flexibility index (Phi) is 50.5. The molecular formula is C59H114O6. The number of carbonyl (C=O) groups excluding carboxylic acids is 3. The average Bonchev–Trinajstić information content (AvgIpc) is 3.28. The van der Waals surface area contributed by atoms with Crippen LogP contribution in [-0.2, 0) is 28.6 Å². The lowest BCUT2D eigenvalue weighted by atomic mass is 10.0. The summed E-state index contributed by atoms with van der Waals surface area (Å²) in [7, 11) is 0. The SMILES string of the molecule is CCCCCCCCCCCCCCC(=O)OC[C@H](COC(=O)CCCCCCCCCCCCCCCC(C)C)OC(=O)CCCCCCCCCCCCCCCCCCC(C)C. The molecule has 0 aromatic carbocycles. The first-order valence-electron chi connectivity index (χ1n) is 29.2. The van der Waals surface area contributed by atoms with Crippen molar-refractivity contribution < 1.29 is 28.6 Å². The third kappa shape index (κ3) is 53.2. The molecule has 65 heavy (non-hydrogen) atoms. The van der Waals surface area contributed by atoms with Gasteiger partial charge in [0.15, 0.2) is 6.10 Å². The van der Waals surface area contributed by atoms with Crippen LogP contribution < -0.4 is 0 Å². The zero-order valence-corrected chi connectivity index (χ0v) is 44.6. The average molecular weight is 920 g/mol. The zero-order valence-electron chi connectivity index (χ0n) is 44.6. The van der Waals surface area contributed by atoms with Crippen molar-refractivity contribution in [2.24, 2.45) is 11.8 Å². The Bertz CT molecular complexity index is 993. The molecule has 0 saturated carbocycles. The van der Waals surface area contributed by atoms with Crippen LogP contribution in [-0.4, -0.2) is 37.2 Å². The summed E-state index contributed by atoms with van der Waals surface area (Å²) in [5.74, 6) is 0.853. The predicted molar refractivity (Wildman–Crippen MR) is 280 cm³/mol. The molecule has 0 N–H and O–H groups in total. The van der Waals surface area contributed by atoms with Gasteiger partial charge in [-0.25, -0.2) is 0 Å². The maximum Gasteiger partial charge on any atom is 0.306 e. The van der Waals surface area contributed by atoms with Crippen molar-refractivity contribution >= 4 is 17.9 Å². The molecule has 0 heterocycles. The molecule has 6 nitrogen and oxygen atoms in total. The third-order valence-electron chi connectivity index (χ3n) is 13.5. The van der Waals surface area contributed by atoms with E-state index in [0.717, 1.165) is 69.6 Å². The minimum Gasteiger partial charge on any atom is -0.462 e. The van der Waals surface area contributed by atoms with Gasteiger partial charge in [-0.15, -0.1) is 0 Å². The second kappa shape index (κ2) is 51.8. The van der Waals surface area contributed by atoms with E-state index in [0.29, 0.717) is 19.3 Å². The normalized spacial score (nSPS) is 12.0. The van der Waals surface area contributed by atoms with Crippen LogP contribution in [0.3, 0.4) is 0 Å². The first-order chi connectivity index (χ1) is 31.7. The molecule has 6 heteroatoms. The lowest BCUT2D eigenvalue weighted by Gasteiger charge is -2.18. The van der Waals surface area contributed by atoms with Crippen molar-refractivity contribution in [1.82, 2.24) is 0 Å². The highest BCUT2D eigenvalue weighted by molar-refractivity contribution is 5.71. The molecule has 0 rings (SSSR count). The zero-order chi connectivity index (χ0) is 47.5. The van der Waals surface area contributed by atoms with Gasteiger partial charge in [0.25, 0.3) is 0 Å². The molecule has 0 unspecified atom stereocenters. The van der Waals surface area contributed by atoms with Crippen LogP contribution in [0, 0.1) is 11.8 Å². The van der Waals surface area contributed by atoms with Crippen molar-refractivity contribution in [3.8, 4) is 0 Å². The van der Waals surface area contributed by atoms with Gasteiger partial charge in [0.1, 0.15) is 13.2 Å². The first-order valence-corrected chi connectivity index (χ1v) is 29.2. The van der Waals surface area contributed by atoms with Crippen LogP contribution in [0.1, 0.15) is 330 Å². The van der Waals surface area contributed by atoms with Crippen molar-refractivity contribution in [3.63, 3.8) is 0 Å². The number of carbonyl (C=O) groups is 3. The van der Waals surface area contributed by atoms with Gasteiger partial charge < -0.3 is 14.2 Å². The molecule has 0 aromatic rings. The highest BCUT2D eigenvalue weighted by Crippen LogP contribution is 2.18. The predicted octanol–water partition coefficient (Wildman–Crippen LogP) is 19.3. The van der Waals surface area contributed by atoms with Gasteiger partial charge in [-0.1, -0.05) is 291 Å². The highest BCUT2D eigenvalue weighted by atomic mass is 16.6. The molecular weight excluding hydrogens is 805 g/mol. The molecule has 0 bridgehead atoms. The molecule has 0 aliphatic rings. The van der Waals surface area contributed by atoms with E-state index < -0.39 is 6.10 Å². The number of hydrogen-bond acceptors (Lipinski definition) is 6. The summed E-state index contributed by atoms with van der Waals surface area (Å²) in [4.78, 5) is 38.1. The molecule has 0 saturated heterocycles. The van der Waals surface area contributed by atoms with Crippen LogP contribution in [0.4, 0.5) is 0 Å². The van der Waals surface area contributed by atoms with Gasteiger partial charge in [-0.2, -0.15) is 0 Å². The maximum atomic E-state index is 12.9. The standard InChI is InChI=1S/C59H114O6/c1-6-7-8-9-10-11-12-24-29-34-39-44-49-57(60)63-52-56(53-64-58(61)50-45-40-35-30-25-21-17-19-23-28-33-38-43-48-55(4)5)65-59(62)51-46-41-36-31-26-20-16-14-13-15-18-22-27-32-37-42-47-54(2)3/h54-56H,6-53H2,1-5H3/t56-/m1/s1. The summed E-state index contributed by atoms with van der Waals surface area (Å²) in [5, 5.41) is 0. The summed E-state index contributed by atoms with van der Waals surface area (Å²) < 4.78 is 16.9. The van der Waals surface area contributed by atoms with Gasteiger partial charge in [0, 0.05) is 19.3 Å². The van der Waals surface area contributed by atoms with Crippen LogP contribution >= 0.6 is 0 Å². The fourth-order valence-corrected chi connectivity index (χ4v) is 9.05. The summed E-state index contributed by atoms with van der Waals surface area (Å²) >= 11 is 0. The van der Waals surface area contributed by atoms with Crippen molar-refractivity contribution in [2.45, 2.75) is 336 Å². The quantitative estimate of drug-likeness (QED) is 0.0344. The van der Waals surface area contributed by atoms with E-state index in [-0.39, 0.29) is 31.1 Å². The molecule has 386 valence electrons. The fraction of sp³-hybridized carbons (Fsp3) is 0.949. The Morgan fingerprint density at radius 3 is 0.754 bits per heavy atom. The van der Waals surface area contributed by atoms with E-state index in [4.69, 9.17) is 14.2 Å². The van der Waals surface area contributed by atoms with E-state index in [2.05, 4.69) is 34.6 Å². The Balaban J connectivity index is 4.27. The van der Waals surface area contributed by atoms with E-state index in [1.165, 1.54) is 218 Å². The molecule has 0 aromatic heterocycles. The lowest BCUT2D eigenvalue weighted by molar-refractivity contribution is -0.167. The summed E-state index contributed by atoms with van der Waals surface area (Å²) in [6.45, 7) is 11.4. The molecule has 0 radical (unpaired) electrons. The van der Waals surface area contributed by atoms with Crippen molar-refractivity contribution in [1.29, 1.82) is 0 Å². The molecule has 0 spiro atoms. The van der Waals surface area contributed by atoms with E-state index >= 15 is 0 Å². The van der Waals surface area contributed by atoms with Crippen LogP contribution in [0.5, 0.6) is 0 Å². The van der Waals surface area contributed by atoms with Gasteiger partial charge in [0.2, 0.25) is 0 Å². The Labute approximate surface area is 406 Å². The topological polar surface area (TPSA) is 78.9 Å². The van der Waals surface area contributed by atoms with E-state index in [1.807, 2.05) is 0 Å². The number of unbranched alkanes of at least 4 members (excludes halogenated alkanes) is 38. The smallest absolute Gasteiger partial charge is 0.306 e. The number of rotatable bonds is 53. The molecule has 1 atom stereocenters. The lowest BCUT2D eigenvalue weighted by Crippen LogP contribution is -2.30. The van der Waals surface area contributed by atoms with Crippen LogP contribution in [0.15, 0.2) is 0 Å². The second-order valence-electron chi connectivity index (χ2n) is 21.2. The Hall–Kier alpha value is -1.59. The Morgan fingerprint density at radius 1 is 0.292 bits per heavy atom. The molecule has 0 amide bonds.